The van der Waals surface area contributed by atoms with Crippen molar-refractivity contribution in [3.63, 3.8) is 0 Å². The molecule has 1 amide bonds. The number of benzene rings is 1. The number of ether oxygens (including phenoxy) is 1. The molecule has 1 aromatic heterocycles. The van der Waals surface area contributed by atoms with E-state index in [0.29, 0.717) is 37.5 Å². The number of rotatable bonds is 4. The summed E-state index contributed by atoms with van der Waals surface area (Å²) in [6.07, 6.45) is 1.54. The molecule has 1 unspecified atom stereocenters. The van der Waals surface area contributed by atoms with E-state index < -0.39 is 5.97 Å². The number of hydrogen-bond acceptors (Lipinski definition) is 5. The molecule has 0 radical (unpaired) electrons. The number of esters is 1. The molecule has 2 heterocycles. The number of nitrogens with zero attached hydrogens (tertiary/aromatic N) is 4. The molecule has 1 saturated heterocycles. The maximum absolute atomic E-state index is 12.6. The molecule has 3 rings (SSSR count). The highest BCUT2D eigenvalue weighted by Gasteiger charge is 2.26. The summed E-state index contributed by atoms with van der Waals surface area (Å²) in [6, 6.07) is 7.96. The fraction of sp³-hybridized carbons (Fsp3) is 0.500. The van der Waals surface area contributed by atoms with Crippen LogP contribution in [-0.2, 0) is 9.53 Å². The van der Waals surface area contributed by atoms with E-state index in [2.05, 4.69) is 30.0 Å². The van der Waals surface area contributed by atoms with E-state index in [-0.39, 0.29) is 17.8 Å². The number of likely N-dealkylation sites (N-methyl/N-ethyl adjacent to an activating group) is 1. The SMILES string of the molecule is Cc1nc(C(=O)OC2CCCC(=O)N(C)C2)nn1-c1ccccc1C(C)C. The second kappa shape index (κ2) is 7.90. The molecule has 7 heteroatoms. The largest absolute Gasteiger partial charge is 0.455 e. The van der Waals surface area contributed by atoms with Gasteiger partial charge in [0.25, 0.3) is 5.82 Å². The number of aromatic nitrogens is 3. The van der Waals surface area contributed by atoms with Crippen LogP contribution in [-0.4, -0.2) is 51.2 Å². The Bertz CT molecular complexity index is 844. The molecule has 1 aliphatic rings. The third-order valence-corrected chi connectivity index (χ3v) is 4.83. The van der Waals surface area contributed by atoms with E-state index in [4.69, 9.17) is 4.74 Å². The number of aryl methyl sites for hydroxylation is 1. The van der Waals surface area contributed by atoms with Crippen LogP contribution in [0.5, 0.6) is 0 Å². The fourth-order valence-electron chi connectivity index (χ4n) is 3.34. The lowest BCUT2D eigenvalue weighted by molar-refractivity contribution is -0.130. The standard InChI is InChI=1S/C20H26N4O3/c1-13(2)16-9-5-6-10-17(16)24-14(3)21-19(22-24)20(26)27-15-8-7-11-18(25)23(4)12-15/h5-6,9-10,13,15H,7-8,11-12H2,1-4H3. The first kappa shape index (κ1) is 19.1. The van der Waals surface area contributed by atoms with Crippen LogP contribution in [0.3, 0.4) is 0 Å². The van der Waals surface area contributed by atoms with Gasteiger partial charge >= 0.3 is 5.97 Å². The van der Waals surface area contributed by atoms with Crippen molar-refractivity contribution in [2.24, 2.45) is 0 Å². The number of carbonyl (C=O) groups is 2. The molecule has 144 valence electrons. The highest BCUT2D eigenvalue weighted by molar-refractivity contribution is 5.85. The summed E-state index contributed by atoms with van der Waals surface area (Å²) in [5.74, 6) is 0.524. The molecule has 1 fully saturated rings. The average molecular weight is 370 g/mol. The Morgan fingerprint density at radius 2 is 2.04 bits per heavy atom. The summed E-state index contributed by atoms with van der Waals surface area (Å²) in [5, 5.41) is 4.40. The van der Waals surface area contributed by atoms with Crippen molar-refractivity contribution in [1.29, 1.82) is 0 Å². The van der Waals surface area contributed by atoms with Crippen molar-refractivity contribution < 1.29 is 14.3 Å². The minimum atomic E-state index is -0.549. The monoisotopic (exact) mass is 370 g/mol. The second-order valence-corrected chi connectivity index (χ2v) is 7.30. The van der Waals surface area contributed by atoms with Gasteiger partial charge in [0, 0.05) is 13.5 Å². The van der Waals surface area contributed by atoms with Crippen LogP contribution in [0.25, 0.3) is 5.69 Å². The number of carbonyl (C=O) groups excluding carboxylic acids is 2. The van der Waals surface area contributed by atoms with Gasteiger partial charge in [-0.1, -0.05) is 32.0 Å². The number of hydrogen-bond donors (Lipinski definition) is 0. The van der Waals surface area contributed by atoms with Crippen molar-refractivity contribution >= 4 is 11.9 Å². The Kier molecular flexibility index (Phi) is 5.58. The first-order chi connectivity index (χ1) is 12.9. The van der Waals surface area contributed by atoms with E-state index >= 15 is 0 Å². The van der Waals surface area contributed by atoms with Gasteiger partial charge in [0.1, 0.15) is 11.9 Å². The fourth-order valence-corrected chi connectivity index (χ4v) is 3.34. The van der Waals surface area contributed by atoms with Gasteiger partial charge in [-0.3, -0.25) is 4.79 Å². The topological polar surface area (TPSA) is 77.3 Å². The summed E-state index contributed by atoms with van der Waals surface area (Å²) in [7, 11) is 1.73. The molecule has 0 bridgehead atoms. The third-order valence-electron chi connectivity index (χ3n) is 4.83. The lowest BCUT2D eigenvalue weighted by Crippen LogP contribution is -2.34. The molecule has 0 aliphatic carbocycles. The van der Waals surface area contributed by atoms with E-state index in [1.807, 2.05) is 25.1 Å². The third kappa shape index (κ3) is 4.18. The quantitative estimate of drug-likeness (QED) is 0.774. The highest BCUT2D eigenvalue weighted by Crippen LogP contribution is 2.23. The predicted octanol–water partition coefficient (Wildman–Crippen LogP) is 2.87. The van der Waals surface area contributed by atoms with E-state index in [1.165, 1.54) is 0 Å². The maximum atomic E-state index is 12.6. The van der Waals surface area contributed by atoms with Crippen molar-refractivity contribution in [2.75, 3.05) is 13.6 Å². The zero-order valence-corrected chi connectivity index (χ0v) is 16.3. The molecule has 7 nitrogen and oxygen atoms in total. The second-order valence-electron chi connectivity index (χ2n) is 7.30. The minimum Gasteiger partial charge on any atom is -0.455 e. The highest BCUT2D eigenvalue weighted by atomic mass is 16.5. The molecule has 0 spiro atoms. The Labute approximate surface area is 159 Å². The van der Waals surface area contributed by atoms with Crippen molar-refractivity contribution in [2.45, 2.75) is 52.1 Å². The van der Waals surface area contributed by atoms with Crippen LogP contribution < -0.4 is 0 Å². The van der Waals surface area contributed by atoms with E-state index in [0.717, 1.165) is 11.3 Å². The summed E-state index contributed by atoms with van der Waals surface area (Å²) in [5.41, 5.74) is 2.05. The average Bonchev–Trinajstić information content (AvgIpc) is 2.95. The first-order valence-corrected chi connectivity index (χ1v) is 9.34. The summed E-state index contributed by atoms with van der Waals surface area (Å²) in [6.45, 7) is 6.45. The molecule has 2 aromatic rings. The summed E-state index contributed by atoms with van der Waals surface area (Å²) in [4.78, 5) is 30.2. The van der Waals surface area contributed by atoms with Gasteiger partial charge < -0.3 is 9.64 Å². The smallest absolute Gasteiger partial charge is 0.378 e. The van der Waals surface area contributed by atoms with E-state index in [1.54, 1.807) is 16.6 Å². The van der Waals surface area contributed by atoms with Gasteiger partial charge in [0.05, 0.1) is 12.2 Å². The van der Waals surface area contributed by atoms with Crippen LogP contribution in [0.15, 0.2) is 24.3 Å². The van der Waals surface area contributed by atoms with Gasteiger partial charge in [-0.05, 0) is 37.3 Å². The number of para-hydroxylation sites is 1. The van der Waals surface area contributed by atoms with E-state index in [9.17, 15) is 9.59 Å². The lowest BCUT2D eigenvalue weighted by Gasteiger charge is -2.20. The van der Waals surface area contributed by atoms with Gasteiger partial charge in [-0.2, -0.15) is 0 Å². The minimum absolute atomic E-state index is 0.0456. The molecule has 0 saturated carbocycles. The zero-order chi connectivity index (χ0) is 19.6. The van der Waals surface area contributed by atoms with Gasteiger partial charge in [-0.15, -0.1) is 5.10 Å². The van der Waals surface area contributed by atoms with Crippen molar-refractivity contribution in [3.8, 4) is 5.69 Å². The van der Waals surface area contributed by atoms with Crippen LogP contribution in [0, 0.1) is 6.92 Å². The van der Waals surface area contributed by atoms with Crippen LogP contribution in [0.1, 0.15) is 61.0 Å². The van der Waals surface area contributed by atoms with Crippen molar-refractivity contribution in [1.82, 2.24) is 19.7 Å². The molecule has 1 aliphatic heterocycles. The van der Waals surface area contributed by atoms with Gasteiger partial charge in [0.2, 0.25) is 5.91 Å². The summed E-state index contributed by atoms with van der Waals surface area (Å²) >= 11 is 0. The van der Waals surface area contributed by atoms with Gasteiger partial charge in [-0.25, -0.2) is 14.5 Å². The van der Waals surface area contributed by atoms with Gasteiger partial charge in [0.15, 0.2) is 0 Å². The molecule has 1 aromatic carbocycles. The summed E-state index contributed by atoms with van der Waals surface area (Å²) < 4.78 is 7.28. The zero-order valence-electron chi connectivity index (χ0n) is 16.3. The molecular formula is C20H26N4O3. The Morgan fingerprint density at radius 1 is 1.30 bits per heavy atom. The number of amides is 1. The Hall–Kier alpha value is -2.70. The van der Waals surface area contributed by atoms with Crippen LogP contribution >= 0.6 is 0 Å². The van der Waals surface area contributed by atoms with Crippen molar-refractivity contribution in [3.05, 3.63) is 41.5 Å². The van der Waals surface area contributed by atoms with Crippen LogP contribution in [0.2, 0.25) is 0 Å². The Morgan fingerprint density at radius 3 is 2.78 bits per heavy atom. The van der Waals surface area contributed by atoms with Crippen LogP contribution in [0.4, 0.5) is 0 Å². The lowest BCUT2D eigenvalue weighted by atomic mass is 10.0. The first-order valence-electron chi connectivity index (χ1n) is 9.34. The normalized spacial score (nSPS) is 17.9. The maximum Gasteiger partial charge on any atom is 0.378 e. The molecular weight excluding hydrogens is 344 g/mol. The predicted molar refractivity (Wildman–Crippen MR) is 101 cm³/mol. The molecule has 27 heavy (non-hydrogen) atoms. The molecule has 0 N–H and O–H groups in total. The number of likely N-dealkylation sites (tertiary alicyclic amines) is 1. The Balaban J connectivity index is 1.80. The molecule has 1 atom stereocenters.